The van der Waals surface area contributed by atoms with Crippen molar-refractivity contribution < 1.29 is 13.0 Å². The number of rotatable bonds is 4. The highest BCUT2D eigenvalue weighted by Gasteiger charge is 2.10. The van der Waals surface area contributed by atoms with E-state index in [1.165, 1.54) is 6.26 Å². The lowest BCUT2D eigenvalue weighted by Crippen LogP contribution is -2.12. The summed E-state index contributed by atoms with van der Waals surface area (Å²) in [5.41, 5.74) is -0.357. The highest BCUT2D eigenvalue weighted by Crippen LogP contribution is 2.20. The van der Waals surface area contributed by atoms with Crippen molar-refractivity contribution in [3.8, 4) is 6.07 Å². The average molecular weight is 244 g/mol. The quantitative estimate of drug-likeness (QED) is 0.875. The van der Waals surface area contributed by atoms with Crippen LogP contribution < -0.4 is 5.32 Å². The van der Waals surface area contributed by atoms with Gasteiger partial charge in [0.25, 0.3) is 0 Å². The van der Waals surface area contributed by atoms with E-state index in [-0.39, 0.29) is 17.8 Å². The van der Waals surface area contributed by atoms with E-state index in [9.17, 15) is 13.0 Å². The zero-order valence-electron chi connectivity index (χ0n) is 8.59. The molecule has 1 unspecified atom stereocenters. The Morgan fingerprint density at radius 2 is 2.00 bits per heavy atom. The molecule has 1 N–H and O–H groups in total. The van der Waals surface area contributed by atoms with Gasteiger partial charge in [-0.15, -0.1) is 0 Å². The molecule has 0 bridgehead atoms. The van der Waals surface area contributed by atoms with Crippen LogP contribution in [0.25, 0.3) is 0 Å². The maximum atomic E-state index is 13.3. The fraction of sp³-hybridized carbons (Fsp3) is 0.300. The first kappa shape index (κ1) is 12.6. The van der Waals surface area contributed by atoms with Gasteiger partial charge in [0.1, 0.15) is 5.69 Å². The van der Waals surface area contributed by atoms with Gasteiger partial charge in [0.15, 0.2) is 11.6 Å². The number of nitrogens with one attached hydrogen (secondary N) is 1. The van der Waals surface area contributed by atoms with Gasteiger partial charge in [-0.2, -0.15) is 5.26 Å². The maximum Gasteiger partial charge on any atom is 0.150 e. The molecule has 0 radical (unpaired) electrons. The van der Waals surface area contributed by atoms with Gasteiger partial charge in [0.05, 0.1) is 11.6 Å². The zero-order valence-corrected chi connectivity index (χ0v) is 9.41. The number of anilines is 1. The van der Waals surface area contributed by atoms with Crippen molar-refractivity contribution in [1.82, 2.24) is 0 Å². The summed E-state index contributed by atoms with van der Waals surface area (Å²) in [5, 5.41) is 11.0. The third-order valence-corrected chi connectivity index (χ3v) is 2.64. The second-order valence-corrected chi connectivity index (χ2v) is 4.69. The molecule has 0 aliphatic heterocycles. The normalized spacial score (nSPS) is 11.9. The molecular weight excluding hydrogens is 234 g/mol. The number of nitrogens with zero attached hydrogens (tertiary/aromatic N) is 1. The SMILES string of the molecule is CS(=O)CCNc1c(F)cc(C#N)cc1F. The summed E-state index contributed by atoms with van der Waals surface area (Å²) < 4.78 is 37.3. The van der Waals surface area contributed by atoms with Crippen molar-refractivity contribution in [3.63, 3.8) is 0 Å². The number of hydrogen-bond acceptors (Lipinski definition) is 3. The van der Waals surface area contributed by atoms with Crippen LogP contribution in [0.15, 0.2) is 12.1 Å². The molecule has 0 aliphatic rings. The molecule has 0 heterocycles. The van der Waals surface area contributed by atoms with Gasteiger partial charge < -0.3 is 5.32 Å². The Balaban J connectivity index is 2.81. The molecule has 1 aromatic rings. The first-order chi connectivity index (χ1) is 7.54. The number of hydrogen-bond donors (Lipinski definition) is 1. The van der Waals surface area contributed by atoms with E-state index in [0.717, 1.165) is 12.1 Å². The lowest BCUT2D eigenvalue weighted by atomic mass is 10.2. The molecule has 0 spiro atoms. The zero-order chi connectivity index (χ0) is 12.1. The monoisotopic (exact) mass is 244 g/mol. The molecule has 16 heavy (non-hydrogen) atoms. The molecule has 1 rings (SSSR count). The summed E-state index contributed by atoms with van der Waals surface area (Å²) in [5.74, 6) is -1.34. The van der Waals surface area contributed by atoms with Crippen LogP contribution in [0.5, 0.6) is 0 Å². The van der Waals surface area contributed by atoms with E-state index in [0.29, 0.717) is 5.75 Å². The van der Waals surface area contributed by atoms with Crippen molar-refractivity contribution >= 4 is 16.5 Å². The van der Waals surface area contributed by atoms with Crippen molar-refractivity contribution in [2.75, 3.05) is 23.9 Å². The molecule has 0 saturated heterocycles. The van der Waals surface area contributed by atoms with E-state index in [1.54, 1.807) is 6.07 Å². The Morgan fingerprint density at radius 3 is 2.44 bits per heavy atom. The molecule has 0 aromatic heterocycles. The fourth-order valence-corrected chi connectivity index (χ4v) is 1.52. The summed E-state index contributed by atoms with van der Waals surface area (Å²) in [6.07, 6.45) is 1.51. The first-order valence-corrected chi connectivity index (χ1v) is 6.20. The van der Waals surface area contributed by atoms with Crippen LogP contribution in [0.2, 0.25) is 0 Å². The minimum Gasteiger partial charge on any atom is -0.379 e. The van der Waals surface area contributed by atoms with E-state index in [1.807, 2.05) is 0 Å². The minimum absolute atomic E-state index is 0.0698. The Kier molecular flexibility index (Phi) is 4.38. The van der Waals surface area contributed by atoms with Gasteiger partial charge in [-0.25, -0.2) is 8.78 Å². The van der Waals surface area contributed by atoms with Crippen molar-refractivity contribution in [2.45, 2.75) is 0 Å². The molecule has 6 heteroatoms. The highest BCUT2D eigenvalue weighted by atomic mass is 32.2. The summed E-state index contributed by atoms with van der Waals surface area (Å²) in [7, 11) is -1.02. The second-order valence-electron chi connectivity index (χ2n) is 3.13. The fourth-order valence-electron chi connectivity index (χ4n) is 1.13. The van der Waals surface area contributed by atoms with Crippen LogP contribution >= 0.6 is 0 Å². The largest absolute Gasteiger partial charge is 0.379 e. The van der Waals surface area contributed by atoms with Gasteiger partial charge in [0.2, 0.25) is 0 Å². The van der Waals surface area contributed by atoms with E-state index < -0.39 is 22.4 Å². The highest BCUT2D eigenvalue weighted by molar-refractivity contribution is 7.84. The van der Waals surface area contributed by atoms with Gasteiger partial charge in [-0.1, -0.05) is 0 Å². The van der Waals surface area contributed by atoms with E-state index >= 15 is 0 Å². The minimum atomic E-state index is -1.02. The van der Waals surface area contributed by atoms with Crippen LogP contribution in [0.4, 0.5) is 14.5 Å². The summed E-state index contributed by atoms with van der Waals surface area (Å²) in [6.45, 7) is 0.211. The molecule has 86 valence electrons. The van der Waals surface area contributed by atoms with Gasteiger partial charge in [-0.3, -0.25) is 4.21 Å². The predicted octanol–water partition coefficient (Wildman–Crippen LogP) is 1.63. The third-order valence-electron chi connectivity index (χ3n) is 1.86. The maximum absolute atomic E-state index is 13.3. The van der Waals surface area contributed by atoms with Crippen molar-refractivity contribution in [1.29, 1.82) is 5.26 Å². The van der Waals surface area contributed by atoms with Crippen LogP contribution in [-0.4, -0.2) is 22.8 Å². The van der Waals surface area contributed by atoms with E-state index in [4.69, 9.17) is 5.26 Å². The Hall–Kier alpha value is -1.48. The average Bonchev–Trinajstić information content (AvgIpc) is 2.21. The summed E-state index contributed by atoms with van der Waals surface area (Å²) in [4.78, 5) is 0. The number of nitriles is 1. The van der Waals surface area contributed by atoms with Crippen LogP contribution in [-0.2, 0) is 10.8 Å². The first-order valence-electron chi connectivity index (χ1n) is 4.47. The molecule has 3 nitrogen and oxygen atoms in total. The molecule has 0 aliphatic carbocycles. The van der Waals surface area contributed by atoms with Crippen molar-refractivity contribution in [3.05, 3.63) is 29.3 Å². The van der Waals surface area contributed by atoms with Crippen LogP contribution in [0.3, 0.4) is 0 Å². The summed E-state index contributed by atoms with van der Waals surface area (Å²) >= 11 is 0. The topological polar surface area (TPSA) is 52.9 Å². The molecule has 0 saturated carbocycles. The van der Waals surface area contributed by atoms with Gasteiger partial charge >= 0.3 is 0 Å². The smallest absolute Gasteiger partial charge is 0.150 e. The van der Waals surface area contributed by atoms with Crippen LogP contribution in [0.1, 0.15) is 5.56 Å². The third kappa shape index (κ3) is 3.28. The molecular formula is C10H10F2N2OS. The lowest BCUT2D eigenvalue weighted by molar-refractivity contribution is 0.588. The Labute approximate surface area is 94.5 Å². The Bertz CT molecular complexity index is 434. The standard InChI is InChI=1S/C10H10F2N2OS/c1-16(15)3-2-14-10-8(11)4-7(6-13)5-9(10)12/h4-5,14H,2-3H2,1H3. The van der Waals surface area contributed by atoms with Gasteiger partial charge in [0, 0.05) is 29.4 Å². The number of benzene rings is 1. The van der Waals surface area contributed by atoms with Crippen LogP contribution in [0, 0.1) is 23.0 Å². The molecule has 1 aromatic carbocycles. The second kappa shape index (κ2) is 5.56. The predicted molar refractivity (Wildman–Crippen MR) is 58.5 cm³/mol. The Morgan fingerprint density at radius 1 is 1.44 bits per heavy atom. The molecule has 1 atom stereocenters. The lowest BCUT2D eigenvalue weighted by Gasteiger charge is -2.07. The van der Waals surface area contributed by atoms with Gasteiger partial charge in [-0.05, 0) is 12.1 Å². The molecule has 0 fully saturated rings. The van der Waals surface area contributed by atoms with E-state index in [2.05, 4.69) is 5.32 Å². The van der Waals surface area contributed by atoms with Crippen molar-refractivity contribution in [2.24, 2.45) is 0 Å². The molecule has 0 amide bonds. The summed E-state index contributed by atoms with van der Waals surface area (Å²) in [6, 6.07) is 3.56. The number of halogens is 2.